The highest BCUT2D eigenvalue weighted by Crippen LogP contribution is 2.70. The summed E-state index contributed by atoms with van der Waals surface area (Å²) in [5.41, 5.74) is 17.6. The summed E-state index contributed by atoms with van der Waals surface area (Å²) in [7, 11) is 0. The molecule has 0 unspecified atom stereocenters. The average Bonchev–Trinajstić information content (AvgIpc) is 3.74. The molecular weight excluding hydrogens is 621 g/mol. The van der Waals surface area contributed by atoms with E-state index in [0.717, 1.165) is 23.7 Å². The van der Waals surface area contributed by atoms with Crippen molar-refractivity contribution in [3.8, 4) is 44.5 Å². The fourth-order valence-electron chi connectivity index (χ4n) is 12.5. The molecule has 6 aliphatic carbocycles. The van der Waals surface area contributed by atoms with E-state index in [2.05, 4.69) is 135 Å². The van der Waals surface area contributed by atoms with Gasteiger partial charge >= 0.3 is 0 Å². The maximum Gasteiger partial charge on any atom is 0.0361 e. The van der Waals surface area contributed by atoms with Crippen LogP contribution in [0.15, 0.2) is 121 Å². The first kappa shape index (κ1) is 28.3. The normalized spacial score (nSPS) is 26.0. The Morgan fingerprint density at radius 3 is 1.92 bits per heavy atom. The monoisotopic (exact) mass is 660 g/mol. The lowest BCUT2D eigenvalue weighted by Crippen LogP contribution is -2.55. The van der Waals surface area contributed by atoms with Crippen LogP contribution < -0.4 is 0 Å². The first-order valence-electron chi connectivity index (χ1n) is 18.9. The molecule has 4 fully saturated rings. The van der Waals surface area contributed by atoms with Gasteiger partial charge in [-0.25, -0.2) is 0 Å². The quantitative estimate of drug-likeness (QED) is 0.173. The van der Waals surface area contributed by atoms with Crippen molar-refractivity contribution < 1.29 is 0 Å². The van der Waals surface area contributed by atoms with E-state index >= 15 is 0 Å². The highest BCUT2D eigenvalue weighted by molar-refractivity contribution is 7.25. The number of benzene rings is 6. The lowest BCUT2D eigenvalue weighted by Gasteiger charge is -2.61. The molecule has 1 aromatic heterocycles. The highest BCUT2D eigenvalue weighted by Gasteiger charge is 2.61. The minimum absolute atomic E-state index is 0.0365. The molecule has 0 aliphatic heterocycles. The number of thiophene rings is 1. The van der Waals surface area contributed by atoms with Crippen LogP contribution in [0.3, 0.4) is 0 Å². The summed E-state index contributed by atoms with van der Waals surface area (Å²) in [6.45, 7) is 4.72. The van der Waals surface area contributed by atoms with Crippen molar-refractivity contribution >= 4 is 31.5 Å². The summed E-state index contributed by atoms with van der Waals surface area (Å²) >= 11 is 1.94. The van der Waals surface area contributed by atoms with Crippen LogP contribution in [0.5, 0.6) is 0 Å². The van der Waals surface area contributed by atoms with Gasteiger partial charge in [0.2, 0.25) is 0 Å². The van der Waals surface area contributed by atoms with Gasteiger partial charge in [-0.3, -0.25) is 0 Å². The van der Waals surface area contributed by atoms with Crippen molar-refractivity contribution in [2.75, 3.05) is 0 Å². The SMILES string of the molecule is CC1(C)c2ccccc2-c2cc(-c3ccc4c(c3)sc3ccc(-c5cccc6c5-c5ccccc5C65C6CC7CC(C6)CC5C7)cc34)ccc21. The first-order chi connectivity index (χ1) is 24.5. The van der Waals surface area contributed by atoms with E-state index in [1.807, 2.05) is 11.3 Å². The Morgan fingerprint density at radius 1 is 0.460 bits per heavy atom. The molecule has 242 valence electrons. The average molecular weight is 661 g/mol. The molecule has 1 heteroatoms. The molecule has 0 radical (unpaired) electrons. The Kier molecular flexibility index (Phi) is 5.45. The molecule has 0 N–H and O–H groups in total. The molecule has 6 aliphatic rings. The lowest BCUT2D eigenvalue weighted by molar-refractivity contribution is -0.0399. The topological polar surface area (TPSA) is 0 Å². The van der Waals surface area contributed by atoms with Crippen molar-refractivity contribution in [1.29, 1.82) is 0 Å². The molecule has 7 aromatic rings. The number of hydrogen-bond donors (Lipinski definition) is 0. The van der Waals surface area contributed by atoms with E-state index in [1.54, 1.807) is 11.1 Å². The minimum Gasteiger partial charge on any atom is -0.135 e. The molecule has 6 aromatic carbocycles. The second kappa shape index (κ2) is 9.65. The smallest absolute Gasteiger partial charge is 0.0361 e. The van der Waals surface area contributed by atoms with Gasteiger partial charge in [0.15, 0.2) is 0 Å². The summed E-state index contributed by atoms with van der Waals surface area (Å²) < 4.78 is 2.74. The minimum atomic E-state index is 0.0365. The Balaban J connectivity index is 0.980. The summed E-state index contributed by atoms with van der Waals surface area (Å²) in [6.07, 6.45) is 7.20. The van der Waals surface area contributed by atoms with Crippen molar-refractivity contribution in [2.24, 2.45) is 23.7 Å². The van der Waals surface area contributed by atoms with E-state index in [0.29, 0.717) is 0 Å². The van der Waals surface area contributed by atoms with Gasteiger partial charge in [-0.05, 0) is 147 Å². The van der Waals surface area contributed by atoms with Crippen LogP contribution in [-0.4, -0.2) is 0 Å². The van der Waals surface area contributed by atoms with Crippen LogP contribution in [0.2, 0.25) is 0 Å². The van der Waals surface area contributed by atoms with Crippen molar-refractivity contribution in [1.82, 2.24) is 0 Å². The van der Waals surface area contributed by atoms with Crippen LogP contribution in [0, 0.1) is 23.7 Å². The van der Waals surface area contributed by atoms with E-state index < -0.39 is 0 Å². The first-order valence-corrected chi connectivity index (χ1v) is 19.7. The van der Waals surface area contributed by atoms with Gasteiger partial charge in [-0.15, -0.1) is 11.3 Å². The van der Waals surface area contributed by atoms with Gasteiger partial charge in [0.1, 0.15) is 0 Å². The molecule has 4 bridgehead atoms. The summed E-state index contributed by atoms with van der Waals surface area (Å²) in [6, 6.07) is 47.4. The van der Waals surface area contributed by atoms with Gasteiger partial charge in [0.25, 0.3) is 0 Å². The van der Waals surface area contributed by atoms with E-state index in [9.17, 15) is 0 Å². The van der Waals surface area contributed by atoms with Crippen LogP contribution in [0.25, 0.3) is 64.7 Å². The number of hydrogen-bond acceptors (Lipinski definition) is 1. The molecule has 4 saturated carbocycles. The fourth-order valence-corrected chi connectivity index (χ4v) is 13.6. The second-order valence-electron chi connectivity index (χ2n) is 16.9. The molecule has 1 heterocycles. The number of fused-ring (bicyclic) bond motifs is 9. The highest BCUT2D eigenvalue weighted by atomic mass is 32.1. The Morgan fingerprint density at radius 2 is 1.10 bits per heavy atom. The Hall–Kier alpha value is -4.46. The standard InChI is InChI=1S/C49H40S/c1-48(2)41-11-5-3-8-36(41)39-25-30(15-18-42(39)48)31-14-17-37-40-26-32(16-19-45(40)50-46(37)27-31)35-10-7-13-44-47(35)38-9-4-6-12-43(38)49(44)33-21-28-20-29(23-33)24-34(49)22-28/h3-19,25-29,33-34H,20-24H2,1-2H3. The summed E-state index contributed by atoms with van der Waals surface area (Å²) in [5.74, 6) is 3.51. The zero-order chi connectivity index (χ0) is 32.9. The van der Waals surface area contributed by atoms with E-state index in [1.165, 1.54) is 108 Å². The number of rotatable bonds is 2. The van der Waals surface area contributed by atoms with Crippen molar-refractivity contribution in [2.45, 2.75) is 56.8 Å². The van der Waals surface area contributed by atoms with Crippen LogP contribution in [0.4, 0.5) is 0 Å². The molecule has 0 saturated heterocycles. The molecule has 0 atom stereocenters. The van der Waals surface area contributed by atoms with Crippen molar-refractivity contribution in [3.63, 3.8) is 0 Å². The zero-order valence-electron chi connectivity index (χ0n) is 28.8. The molecule has 0 amide bonds. The molecule has 13 rings (SSSR count). The Bertz CT molecular complexity index is 2560. The molecular formula is C49H40S. The third-order valence-corrected chi connectivity index (χ3v) is 15.4. The fraction of sp³-hybridized carbons (Fsp3) is 0.265. The third-order valence-electron chi connectivity index (χ3n) is 14.3. The lowest BCUT2D eigenvalue weighted by atomic mass is 9.43. The van der Waals surface area contributed by atoms with Gasteiger partial charge in [0, 0.05) is 31.0 Å². The van der Waals surface area contributed by atoms with Crippen LogP contribution in [0.1, 0.15) is 68.2 Å². The zero-order valence-corrected chi connectivity index (χ0v) is 29.6. The maximum absolute atomic E-state index is 2.53. The van der Waals surface area contributed by atoms with Crippen LogP contribution >= 0.6 is 11.3 Å². The van der Waals surface area contributed by atoms with Gasteiger partial charge < -0.3 is 0 Å². The van der Waals surface area contributed by atoms with Crippen molar-refractivity contribution in [3.05, 3.63) is 144 Å². The summed E-state index contributed by atoms with van der Waals surface area (Å²) in [5, 5.41) is 2.75. The molecule has 0 nitrogen and oxygen atoms in total. The van der Waals surface area contributed by atoms with E-state index in [-0.39, 0.29) is 10.8 Å². The largest absolute Gasteiger partial charge is 0.135 e. The van der Waals surface area contributed by atoms with E-state index in [4.69, 9.17) is 0 Å². The maximum atomic E-state index is 2.53. The van der Waals surface area contributed by atoms with Gasteiger partial charge in [-0.1, -0.05) is 111 Å². The van der Waals surface area contributed by atoms with Gasteiger partial charge in [0.05, 0.1) is 0 Å². The summed E-state index contributed by atoms with van der Waals surface area (Å²) in [4.78, 5) is 0. The molecule has 1 spiro atoms. The van der Waals surface area contributed by atoms with Gasteiger partial charge in [-0.2, -0.15) is 0 Å². The third kappa shape index (κ3) is 3.48. The molecule has 50 heavy (non-hydrogen) atoms. The second-order valence-corrected chi connectivity index (χ2v) is 18.0. The Labute approximate surface area is 298 Å². The predicted octanol–water partition coefficient (Wildman–Crippen LogP) is 13.4. The van der Waals surface area contributed by atoms with Crippen LogP contribution in [-0.2, 0) is 10.8 Å². The predicted molar refractivity (Wildman–Crippen MR) is 211 cm³/mol.